The molecule has 0 radical (unpaired) electrons. The van der Waals surface area contributed by atoms with Gasteiger partial charge in [-0.05, 0) is 31.6 Å². The summed E-state index contributed by atoms with van der Waals surface area (Å²) < 4.78 is 0. The molecule has 6 heteroatoms. The number of likely N-dealkylation sites (tertiary alicyclic amines) is 1. The monoisotopic (exact) mass is 272 g/mol. The van der Waals surface area contributed by atoms with Crippen molar-refractivity contribution in [2.24, 2.45) is 11.8 Å². The molecule has 19 heavy (non-hydrogen) atoms. The third-order valence-electron chi connectivity index (χ3n) is 3.47. The molecule has 1 rings (SSSR count). The molecule has 0 spiro atoms. The summed E-state index contributed by atoms with van der Waals surface area (Å²) in [6.45, 7) is 5.22. The highest BCUT2D eigenvalue weighted by Gasteiger charge is 2.35. The van der Waals surface area contributed by atoms with Crippen molar-refractivity contribution in [2.75, 3.05) is 13.1 Å². The van der Waals surface area contributed by atoms with Gasteiger partial charge in [0.2, 0.25) is 5.91 Å². The van der Waals surface area contributed by atoms with E-state index in [9.17, 15) is 14.7 Å². The number of carbonyl (C=O) groups excluding carboxylic acids is 2. The molecular formula is C13H24N2O4. The number of nitrogens with zero attached hydrogens (tertiary/aromatic N) is 1. The summed E-state index contributed by atoms with van der Waals surface area (Å²) in [5, 5.41) is 18.5. The van der Waals surface area contributed by atoms with Crippen LogP contribution in [-0.4, -0.2) is 46.2 Å². The van der Waals surface area contributed by atoms with Crippen LogP contribution in [0, 0.1) is 11.8 Å². The molecule has 2 amide bonds. The number of aliphatic hydroxyl groups is 1. The van der Waals surface area contributed by atoms with Crippen LogP contribution in [0.25, 0.3) is 0 Å². The lowest BCUT2D eigenvalue weighted by molar-refractivity contribution is -0.151. The van der Waals surface area contributed by atoms with Gasteiger partial charge in [-0.1, -0.05) is 13.8 Å². The van der Waals surface area contributed by atoms with Crippen molar-refractivity contribution in [3.05, 3.63) is 0 Å². The number of carbonyl (C=O) groups is 2. The van der Waals surface area contributed by atoms with E-state index in [0.717, 1.165) is 19.3 Å². The normalized spacial score (nSPS) is 19.1. The second-order valence-electron chi connectivity index (χ2n) is 5.54. The van der Waals surface area contributed by atoms with Crippen LogP contribution in [-0.2, 0) is 9.59 Å². The van der Waals surface area contributed by atoms with Crippen molar-refractivity contribution < 1.29 is 19.9 Å². The van der Waals surface area contributed by atoms with Gasteiger partial charge in [-0.2, -0.15) is 0 Å². The number of amides is 2. The smallest absolute Gasteiger partial charge is 0.272 e. The maximum atomic E-state index is 12.4. The largest absolute Gasteiger partial charge is 0.382 e. The topological polar surface area (TPSA) is 89.9 Å². The van der Waals surface area contributed by atoms with Crippen molar-refractivity contribution in [2.45, 2.75) is 45.6 Å². The Hall–Kier alpha value is -1.14. The SMILES string of the molecule is CC(C)C[C@@H](C(=O)N1CCCCC1)[C@H](O)C(=O)NO. The number of piperidine rings is 1. The molecule has 0 aliphatic carbocycles. The molecule has 1 aliphatic heterocycles. The molecule has 6 nitrogen and oxygen atoms in total. The summed E-state index contributed by atoms with van der Waals surface area (Å²) >= 11 is 0. The maximum Gasteiger partial charge on any atom is 0.272 e. The van der Waals surface area contributed by atoms with Crippen LogP contribution < -0.4 is 5.48 Å². The van der Waals surface area contributed by atoms with Crippen molar-refractivity contribution >= 4 is 11.8 Å². The van der Waals surface area contributed by atoms with E-state index >= 15 is 0 Å². The Kier molecular flexibility index (Phi) is 6.24. The zero-order valence-corrected chi connectivity index (χ0v) is 11.6. The molecule has 1 heterocycles. The molecule has 0 aromatic heterocycles. The van der Waals surface area contributed by atoms with Crippen LogP contribution in [0.15, 0.2) is 0 Å². The third-order valence-corrected chi connectivity index (χ3v) is 3.47. The van der Waals surface area contributed by atoms with Gasteiger partial charge < -0.3 is 10.0 Å². The van der Waals surface area contributed by atoms with Gasteiger partial charge in [-0.3, -0.25) is 14.8 Å². The van der Waals surface area contributed by atoms with Crippen LogP contribution in [0.2, 0.25) is 0 Å². The number of rotatable bonds is 5. The van der Waals surface area contributed by atoms with Crippen molar-refractivity contribution in [3.63, 3.8) is 0 Å². The number of nitrogens with one attached hydrogen (secondary N) is 1. The fourth-order valence-corrected chi connectivity index (χ4v) is 2.47. The zero-order chi connectivity index (χ0) is 14.4. The van der Waals surface area contributed by atoms with Gasteiger partial charge in [0.25, 0.3) is 5.91 Å². The highest BCUT2D eigenvalue weighted by Crippen LogP contribution is 2.21. The van der Waals surface area contributed by atoms with Gasteiger partial charge in [0.1, 0.15) is 6.10 Å². The minimum Gasteiger partial charge on any atom is -0.382 e. The summed E-state index contributed by atoms with van der Waals surface area (Å²) in [7, 11) is 0. The Morgan fingerprint density at radius 1 is 1.21 bits per heavy atom. The molecule has 0 saturated carbocycles. The Labute approximate surface area is 113 Å². The molecule has 0 bridgehead atoms. The van der Waals surface area contributed by atoms with Crippen LogP contribution in [0.1, 0.15) is 39.5 Å². The van der Waals surface area contributed by atoms with E-state index in [0.29, 0.717) is 19.5 Å². The number of aliphatic hydroxyl groups excluding tert-OH is 1. The van der Waals surface area contributed by atoms with E-state index in [1.165, 1.54) is 5.48 Å². The van der Waals surface area contributed by atoms with E-state index in [2.05, 4.69) is 0 Å². The second-order valence-corrected chi connectivity index (χ2v) is 5.54. The van der Waals surface area contributed by atoms with Crippen LogP contribution in [0.4, 0.5) is 0 Å². The fraction of sp³-hybridized carbons (Fsp3) is 0.846. The van der Waals surface area contributed by atoms with E-state index < -0.39 is 17.9 Å². The van der Waals surface area contributed by atoms with E-state index in [4.69, 9.17) is 5.21 Å². The summed E-state index contributed by atoms with van der Waals surface area (Å²) in [6, 6.07) is 0. The van der Waals surface area contributed by atoms with Gasteiger partial charge in [-0.15, -0.1) is 0 Å². The first-order chi connectivity index (χ1) is 8.97. The Morgan fingerprint density at radius 2 is 1.79 bits per heavy atom. The van der Waals surface area contributed by atoms with Crippen LogP contribution in [0.3, 0.4) is 0 Å². The molecule has 1 aliphatic rings. The second kappa shape index (κ2) is 7.45. The molecule has 1 saturated heterocycles. The predicted molar refractivity (Wildman–Crippen MR) is 69.3 cm³/mol. The minimum absolute atomic E-state index is 0.180. The Morgan fingerprint density at radius 3 is 2.26 bits per heavy atom. The molecule has 2 atom stereocenters. The van der Waals surface area contributed by atoms with E-state index in [-0.39, 0.29) is 11.8 Å². The Bertz CT molecular complexity index is 314. The van der Waals surface area contributed by atoms with Gasteiger partial charge in [0.15, 0.2) is 0 Å². The molecule has 3 N–H and O–H groups in total. The van der Waals surface area contributed by atoms with Gasteiger partial charge >= 0.3 is 0 Å². The van der Waals surface area contributed by atoms with Gasteiger partial charge in [-0.25, -0.2) is 5.48 Å². The van der Waals surface area contributed by atoms with Crippen molar-refractivity contribution in [3.8, 4) is 0 Å². The highest BCUT2D eigenvalue weighted by atomic mass is 16.5. The average molecular weight is 272 g/mol. The van der Waals surface area contributed by atoms with E-state index in [1.807, 2.05) is 13.8 Å². The summed E-state index contributed by atoms with van der Waals surface area (Å²) in [6.07, 6.45) is 1.95. The molecular weight excluding hydrogens is 248 g/mol. The zero-order valence-electron chi connectivity index (χ0n) is 11.6. The Balaban J connectivity index is 2.76. The fourth-order valence-electron chi connectivity index (χ4n) is 2.47. The minimum atomic E-state index is -1.50. The maximum absolute atomic E-state index is 12.4. The quantitative estimate of drug-likeness (QED) is 0.503. The molecule has 0 unspecified atom stereocenters. The van der Waals surface area contributed by atoms with Crippen LogP contribution >= 0.6 is 0 Å². The van der Waals surface area contributed by atoms with Crippen molar-refractivity contribution in [1.82, 2.24) is 10.4 Å². The number of hydrogen-bond acceptors (Lipinski definition) is 4. The number of hydroxylamine groups is 1. The highest BCUT2D eigenvalue weighted by molar-refractivity contribution is 5.88. The predicted octanol–water partition coefficient (Wildman–Crippen LogP) is 0.527. The van der Waals surface area contributed by atoms with Gasteiger partial charge in [0, 0.05) is 13.1 Å². The lowest BCUT2D eigenvalue weighted by atomic mass is 9.89. The first-order valence-electron chi connectivity index (χ1n) is 6.88. The van der Waals surface area contributed by atoms with Crippen molar-refractivity contribution in [1.29, 1.82) is 0 Å². The summed E-state index contributed by atoms with van der Waals surface area (Å²) in [4.78, 5) is 25.5. The third kappa shape index (κ3) is 4.47. The van der Waals surface area contributed by atoms with E-state index in [1.54, 1.807) is 4.90 Å². The molecule has 0 aromatic rings. The lowest BCUT2D eigenvalue weighted by Crippen LogP contribution is -2.48. The number of hydrogen-bond donors (Lipinski definition) is 3. The molecule has 0 aromatic carbocycles. The summed E-state index contributed by atoms with van der Waals surface area (Å²) in [5.74, 6) is -1.72. The average Bonchev–Trinajstić information content (AvgIpc) is 2.43. The molecule has 1 fully saturated rings. The first-order valence-corrected chi connectivity index (χ1v) is 6.88. The first kappa shape index (κ1) is 15.9. The van der Waals surface area contributed by atoms with Crippen LogP contribution in [0.5, 0.6) is 0 Å². The van der Waals surface area contributed by atoms with Gasteiger partial charge in [0.05, 0.1) is 5.92 Å². The lowest BCUT2D eigenvalue weighted by Gasteiger charge is -2.32. The summed E-state index contributed by atoms with van der Waals surface area (Å²) in [5.41, 5.74) is 1.42. The standard InChI is InChI=1S/C13H24N2O4/c1-9(2)8-10(11(16)12(17)14-19)13(18)15-6-4-3-5-7-15/h9-11,16,19H,3-8H2,1-2H3,(H,14,17)/t10-,11+/m1/s1. The molecule has 110 valence electrons.